The summed E-state index contributed by atoms with van der Waals surface area (Å²) in [6, 6.07) is 9.26. The van der Waals surface area contributed by atoms with Gasteiger partial charge in [0.1, 0.15) is 11.4 Å². The number of anilines is 1. The summed E-state index contributed by atoms with van der Waals surface area (Å²) in [6.07, 6.45) is 3.22. The van der Waals surface area contributed by atoms with E-state index in [1.165, 1.54) is 5.56 Å². The van der Waals surface area contributed by atoms with Crippen LogP contribution in [0.4, 0.5) is 5.82 Å². The number of fused-ring (bicyclic) bond motifs is 1. The highest BCUT2D eigenvalue weighted by Crippen LogP contribution is 2.25. The van der Waals surface area contributed by atoms with Crippen LogP contribution in [0.5, 0.6) is 0 Å². The fourth-order valence-electron chi connectivity index (χ4n) is 3.89. The van der Waals surface area contributed by atoms with Gasteiger partial charge in [0.15, 0.2) is 0 Å². The van der Waals surface area contributed by atoms with Gasteiger partial charge in [-0.25, -0.2) is 9.78 Å². The van der Waals surface area contributed by atoms with Crippen LogP contribution in [0.3, 0.4) is 0 Å². The molecule has 0 radical (unpaired) electrons. The summed E-state index contributed by atoms with van der Waals surface area (Å²) >= 11 is 3.34. The lowest BCUT2D eigenvalue weighted by Crippen LogP contribution is -2.38. The molecule has 1 aliphatic heterocycles. The molecule has 0 atom stereocenters. The molecule has 2 aromatic heterocycles. The first kappa shape index (κ1) is 20.8. The van der Waals surface area contributed by atoms with E-state index in [0.717, 1.165) is 46.9 Å². The minimum atomic E-state index is -0.322. The Morgan fingerprint density at radius 1 is 1.20 bits per heavy atom. The van der Waals surface area contributed by atoms with E-state index in [4.69, 9.17) is 4.42 Å². The summed E-state index contributed by atoms with van der Waals surface area (Å²) in [5, 5.41) is 3.89. The predicted molar refractivity (Wildman–Crippen MR) is 121 cm³/mol. The summed E-state index contributed by atoms with van der Waals surface area (Å²) in [5.41, 5.74) is 3.57. The number of carbonyl (C=O) groups is 1. The number of pyridine rings is 1. The number of hydrogen-bond acceptors (Lipinski definition) is 5. The smallest absolute Gasteiger partial charge is 0.336 e. The molecule has 7 heteroatoms. The number of benzene rings is 1. The highest BCUT2D eigenvalue weighted by Gasteiger charge is 2.25. The van der Waals surface area contributed by atoms with Gasteiger partial charge in [0.05, 0.1) is 0 Å². The Labute approximate surface area is 183 Å². The number of piperidine rings is 1. The Kier molecular flexibility index (Phi) is 6.01. The SMILES string of the molecule is Cc1cc2oc(=O)cc(CN3CCC(C(=O)Nc4ccc(Br)cn4)CC3)c2cc1C. The molecule has 3 aromatic rings. The Balaban J connectivity index is 1.41. The van der Waals surface area contributed by atoms with Gasteiger partial charge in [-0.2, -0.15) is 0 Å². The second-order valence-corrected chi connectivity index (χ2v) is 8.84. The third kappa shape index (κ3) is 4.63. The van der Waals surface area contributed by atoms with Crippen LogP contribution in [0, 0.1) is 19.8 Å². The Hall–Kier alpha value is -2.51. The Morgan fingerprint density at radius 3 is 2.63 bits per heavy atom. The van der Waals surface area contributed by atoms with Crippen LogP contribution in [0.15, 0.2) is 50.2 Å². The van der Waals surface area contributed by atoms with Crippen LogP contribution >= 0.6 is 15.9 Å². The predicted octanol–water partition coefficient (Wildman–Crippen LogP) is 4.42. The molecule has 1 amide bonds. The lowest BCUT2D eigenvalue weighted by Gasteiger charge is -2.31. The van der Waals surface area contributed by atoms with Gasteiger partial charge >= 0.3 is 5.63 Å². The fourth-order valence-corrected chi connectivity index (χ4v) is 4.12. The average Bonchev–Trinajstić information content (AvgIpc) is 2.71. The maximum atomic E-state index is 12.6. The number of nitrogens with zero attached hydrogens (tertiary/aromatic N) is 2. The number of aromatic nitrogens is 1. The van der Waals surface area contributed by atoms with E-state index in [0.29, 0.717) is 17.9 Å². The van der Waals surface area contributed by atoms with Crippen molar-refractivity contribution in [3.63, 3.8) is 0 Å². The zero-order valence-electron chi connectivity index (χ0n) is 17.1. The van der Waals surface area contributed by atoms with Gasteiger partial charge in [0.2, 0.25) is 5.91 Å². The first-order valence-electron chi connectivity index (χ1n) is 10.1. The van der Waals surface area contributed by atoms with Crippen molar-refractivity contribution < 1.29 is 9.21 Å². The number of nitrogens with one attached hydrogen (secondary N) is 1. The normalized spacial score (nSPS) is 15.4. The zero-order valence-corrected chi connectivity index (χ0v) is 18.7. The Bertz CT molecular complexity index is 1130. The van der Waals surface area contributed by atoms with Crippen LogP contribution in [0.25, 0.3) is 11.0 Å². The van der Waals surface area contributed by atoms with E-state index in [1.807, 2.05) is 19.1 Å². The topological polar surface area (TPSA) is 75.4 Å². The van der Waals surface area contributed by atoms with Crippen molar-refractivity contribution in [1.82, 2.24) is 9.88 Å². The number of hydrogen-bond donors (Lipinski definition) is 1. The first-order valence-corrected chi connectivity index (χ1v) is 10.9. The standard InChI is InChI=1S/C23H24BrN3O3/c1-14-9-19-17(11-22(28)30-20(19)10-15(14)2)13-27-7-5-16(6-8-27)23(29)26-21-4-3-18(24)12-25-21/h3-4,9-12,16H,5-8,13H2,1-2H3,(H,25,26,29). The lowest BCUT2D eigenvalue weighted by molar-refractivity contribution is -0.121. The molecular formula is C23H24BrN3O3. The van der Waals surface area contributed by atoms with Gasteiger partial charge in [-0.3, -0.25) is 9.69 Å². The zero-order chi connectivity index (χ0) is 21.3. The maximum absolute atomic E-state index is 12.6. The largest absolute Gasteiger partial charge is 0.423 e. The molecule has 6 nitrogen and oxygen atoms in total. The van der Waals surface area contributed by atoms with Crippen molar-refractivity contribution in [2.45, 2.75) is 33.2 Å². The highest BCUT2D eigenvalue weighted by atomic mass is 79.9. The number of rotatable bonds is 4. The summed E-state index contributed by atoms with van der Waals surface area (Å²) in [4.78, 5) is 31.1. The molecule has 1 N–H and O–H groups in total. The van der Waals surface area contributed by atoms with Gasteiger partial charge < -0.3 is 9.73 Å². The molecule has 1 aromatic carbocycles. The van der Waals surface area contributed by atoms with Gasteiger partial charge in [0.25, 0.3) is 0 Å². The van der Waals surface area contributed by atoms with E-state index in [9.17, 15) is 9.59 Å². The second kappa shape index (κ2) is 8.70. The molecule has 0 unspecified atom stereocenters. The van der Waals surface area contributed by atoms with E-state index in [-0.39, 0.29) is 17.5 Å². The monoisotopic (exact) mass is 469 g/mol. The van der Waals surface area contributed by atoms with Crippen LogP contribution in [-0.4, -0.2) is 28.9 Å². The van der Waals surface area contributed by atoms with Crippen molar-refractivity contribution in [2.75, 3.05) is 18.4 Å². The van der Waals surface area contributed by atoms with Crippen LogP contribution in [-0.2, 0) is 11.3 Å². The molecule has 0 bridgehead atoms. The van der Waals surface area contributed by atoms with Crippen LogP contribution in [0.2, 0.25) is 0 Å². The molecule has 1 fully saturated rings. The van der Waals surface area contributed by atoms with Crippen LogP contribution in [0.1, 0.15) is 29.5 Å². The van der Waals surface area contributed by atoms with Gasteiger partial charge in [0, 0.05) is 34.6 Å². The van der Waals surface area contributed by atoms with Gasteiger partial charge in [-0.1, -0.05) is 0 Å². The molecule has 4 rings (SSSR count). The number of aryl methyl sites for hydroxylation is 2. The van der Waals surface area contributed by atoms with Crippen molar-refractivity contribution in [1.29, 1.82) is 0 Å². The molecule has 30 heavy (non-hydrogen) atoms. The highest BCUT2D eigenvalue weighted by molar-refractivity contribution is 9.10. The molecule has 0 aliphatic carbocycles. The average molecular weight is 470 g/mol. The minimum absolute atomic E-state index is 0.0152. The summed E-state index contributed by atoms with van der Waals surface area (Å²) in [7, 11) is 0. The van der Waals surface area contributed by atoms with Crippen molar-refractivity contribution in [2.24, 2.45) is 5.92 Å². The lowest BCUT2D eigenvalue weighted by atomic mass is 9.95. The third-order valence-electron chi connectivity index (χ3n) is 5.78. The third-order valence-corrected chi connectivity index (χ3v) is 6.24. The summed E-state index contributed by atoms with van der Waals surface area (Å²) in [6.45, 7) is 6.36. The maximum Gasteiger partial charge on any atom is 0.336 e. The van der Waals surface area contributed by atoms with Crippen molar-refractivity contribution in [3.8, 4) is 0 Å². The van der Waals surface area contributed by atoms with Gasteiger partial charge in [-0.05, 0) is 96.7 Å². The van der Waals surface area contributed by atoms with Crippen molar-refractivity contribution in [3.05, 3.63) is 68.1 Å². The van der Waals surface area contributed by atoms with Crippen LogP contribution < -0.4 is 10.9 Å². The molecule has 0 saturated carbocycles. The Morgan fingerprint density at radius 2 is 1.93 bits per heavy atom. The second-order valence-electron chi connectivity index (χ2n) is 7.92. The number of likely N-dealkylation sites (tertiary alicyclic amines) is 1. The molecule has 1 aliphatic rings. The minimum Gasteiger partial charge on any atom is -0.423 e. The van der Waals surface area contributed by atoms with E-state index in [1.54, 1.807) is 18.3 Å². The molecule has 3 heterocycles. The van der Waals surface area contributed by atoms with E-state index < -0.39 is 0 Å². The number of carbonyl (C=O) groups excluding carboxylic acids is 1. The quantitative estimate of drug-likeness (QED) is 0.572. The summed E-state index contributed by atoms with van der Waals surface area (Å²) < 4.78 is 6.28. The number of halogens is 1. The number of amides is 1. The molecular weight excluding hydrogens is 446 g/mol. The van der Waals surface area contributed by atoms with Gasteiger partial charge in [-0.15, -0.1) is 0 Å². The molecule has 156 valence electrons. The summed E-state index contributed by atoms with van der Waals surface area (Å²) in [5.74, 6) is 0.550. The molecule has 1 saturated heterocycles. The first-order chi connectivity index (χ1) is 14.4. The molecule has 0 spiro atoms. The fraction of sp³-hybridized carbons (Fsp3) is 0.348. The van der Waals surface area contributed by atoms with E-state index in [2.05, 4.69) is 44.1 Å². The van der Waals surface area contributed by atoms with E-state index >= 15 is 0 Å². The van der Waals surface area contributed by atoms with Crippen molar-refractivity contribution >= 4 is 38.6 Å².